The number of rotatable bonds is 1. The van der Waals surface area contributed by atoms with Crippen molar-refractivity contribution < 1.29 is 0 Å². The SMILES string of the molecule is CC[C@@H]1CC[C@@H](C)NC1. The Balaban J connectivity index is 2.18. The molecule has 0 aromatic rings. The number of hydrogen-bond acceptors (Lipinski definition) is 1. The van der Waals surface area contributed by atoms with Crippen molar-refractivity contribution in [2.24, 2.45) is 5.92 Å². The van der Waals surface area contributed by atoms with Crippen molar-refractivity contribution in [2.75, 3.05) is 6.54 Å². The van der Waals surface area contributed by atoms with Crippen LogP contribution in [0.2, 0.25) is 0 Å². The van der Waals surface area contributed by atoms with E-state index in [0.29, 0.717) is 0 Å². The first-order valence-electron chi connectivity index (χ1n) is 4.06. The molecule has 9 heavy (non-hydrogen) atoms. The average Bonchev–Trinajstić information content (AvgIpc) is 1.90. The molecule has 0 aliphatic carbocycles. The lowest BCUT2D eigenvalue weighted by molar-refractivity contribution is 0.317. The molecule has 1 heterocycles. The first-order valence-corrected chi connectivity index (χ1v) is 4.06. The fraction of sp³-hybridized carbons (Fsp3) is 1.00. The van der Waals surface area contributed by atoms with Gasteiger partial charge in [-0.1, -0.05) is 13.3 Å². The van der Waals surface area contributed by atoms with Gasteiger partial charge in [-0.25, -0.2) is 0 Å². The van der Waals surface area contributed by atoms with Crippen LogP contribution in [0, 0.1) is 5.92 Å². The second-order valence-corrected chi connectivity index (χ2v) is 3.16. The van der Waals surface area contributed by atoms with Crippen molar-refractivity contribution in [3.63, 3.8) is 0 Å². The van der Waals surface area contributed by atoms with E-state index in [-0.39, 0.29) is 0 Å². The summed E-state index contributed by atoms with van der Waals surface area (Å²) in [5, 5.41) is 3.48. The Labute approximate surface area is 57.8 Å². The van der Waals surface area contributed by atoms with Crippen LogP contribution in [0.15, 0.2) is 0 Å². The number of piperidine rings is 1. The Kier molecular flexibility index (Phi) is 2.52. The molecule has 0 saturated carbocycles. The highest BCUT2D eigenvalue weighted by molar-refractivity contribution is 4.73. The largest absolute Gasteiger partial charge is 0.314 e. The molecule has 0 aromatic heterocycles. The van der Waals surface area contributed by atoms with Crippen LogP contribution in [0.25, 0.3) is 0 Å². The molecule has 0 bridgehead atoms. The van der Waals surface area contributed by atoms with Crippen molar-refractivity contribution in [3.05, 3.63) is 0 Å². The molecular weight excluding hydrogens is 110 g/mol. The molecule has 1 rings (SSSR count). The summed E-state index contributed by atoms with van der Waals surface area (Å²) in [6.07, 6.45) is 4.16. The quantitative estimate of drug-likeness (QED) is 0.566. The third kappa shape index (κ3) is 1.98. The van der Waals surface area contributed by atoms with E-state index < -0.39 is 0 Å². The van der Waals surface area contributed by atoms with Crippen molar-refractivity contribution in [3.8, 4) is 0 Å². The molecule has 1 nitrogen and oxygen atoms in total. The minimum absolute atomic E-state index is 0.771. The molecule has 0 spiro atoms. The highest BCUT2D eigenvalue weighted by atomic mass is 14.9. The lowest BCUT2D eigenvalue weighted by Gasteiger charge is -2.26. The molecule has 1 saturated heterocycles. The molecular formula is C8H17N. The second kappa shape index (κ2) is 3.21. The zero-order valence-electron chi connectivity index (χ0n) is 6.48. The molecule has 1 aliphatic rings. The van der Waals surface area contributed by atoms with Crippen LogP contribution < -0.4 is 5.32 Å². The van der Waals surface area contributed by atoms with E-state index >= 15 is 0 Å². The van der Waals surface area contributed by atoms with Gasteiger partial charge in [-0.2, -0.15) is 0 Å². The van der Waals surface area contributed by atoms with E-state index in [4.69, 9.17) is 0 Å². The van der Waals surface area contributed by atoms with Gasteiger partial charge in [0.05, 0.1) is 0 Å². The average molecular weight is 127 g/mol. The van der Waals surface area contributed by atoms with Gasteiger partial charge in [-0.05, 0) is 32.2 Å². The van der Waals surface area contributed by atoms with Crippen molar-refractivity contribution in [1.29, 1.82) is 0 Å². The minimum Gasteiger partial charge on any atom is -0.314 e. The van der Waals surface area contributed by atoms with E-state index in [9.17, 15) is 0 Å². The molecule has 1 aliphatic heterocycles. The standard InChI is InChI=1S/C8H17N/c1-3-8-5-4-7(2)9-6-8/h7-9H,3-6H2,1-2H3/t7-,8-/m1/s1. The van der Waals surface area contributed by atoms with Gasteiger partial charge >= 0.3 is 0 Å². The van der Waals surface area contributed by atoms with E-state index in [1.54, 1.807) is 0 Å². The fourth-order valence-electron chi connectivity index (χ4n) is 1.41. The van der Waals surface area contributed by atoms with E-state index in [2.05, 4.69) is 19.2 Å². The smallest absolute Gasteiger partial charge is 0.00389 e. The Bertz CT molecular complexity index is 72.6. The highest BCUT2D eigenvalue weighted by Crippen LogP contribution is 2.16. The minimum atomic E-state index is 0.771. The second-order valence-electron chi connectivity index (χ2n) is 3.16. The summed E-state index contributed by atoms with van der Waals surface area (Å²) in [6, 6.07) is 0.771. The summed E-state index contributed by atoms with van der Waals surface area (Å²) in [7, 11) is 0. The Morgan fingerprint density at radius 1 is 1.44 bits per heavy atom. The van der Waals surface area contributed by atoms with Gasteiger partial charge in [0.15, 0.2) is 0 Å². The third-order valence-corrected chi connectivity index (χ3v) is 2.34. The Hall–Kier alpha value is -0.0400. The summed E-state index contributed by atoms with van der Waals surface area (Å²) in [5.74, 6) is 0.959. The van der Waals surface area contributed by atoms with Gasteiger partial charge < -0.3 is 5.32 Å². The number of hydrogen-bond donors (Lipinski definition) is 1. The van der Waals surface area contributed by atoms with Crippen LogP contribution in [0.3, 0.4) is 0 Å². The zero-order chi connectivity index (χ0) is 6.69. The van der Waals surface area contributed by atoms with Gasteiger partial charge in [-0.3, -0.25) is 0 Å². The fourth-order valence-corrected chi connectivity index (χ4v) is 1.41. The molecule has 54 valence electrons. The first-order chi connectivity index (χ1) is 4.33. The van der Waals surface area contributed by atoms with Gasteiger partial charge in [0.2, 0.25) is 0 Å². The van der Waals surface area contributed by atoms with Crippen molar-refractivity contribution in [1.82, 2.24) is 5.32 Å². The zero-order valence-corrected chi connectivity index (χ0v) is 6.48. The maximum atomic E-state index is 3.48. The van der Waals surface area contributed by atoms with Gasteiger partial charge in [0.25, 0.3) is 0 Å². The summed E-state index contributed by atoms with van der Waals surface area (Å²) in [4.78, 5) is 0. The van der Waals surface area contributed by atoms with E-state index in [1.807, 2.05) is 0 Å². The molecule has 1 N–H and O–H groups in total. The van der Waals surface area contributed by atoms with Crippen molar-refractivity contribution >= 4 is 0 Å². The summed E-state index contributed by atoms with van der Waals surface area (Å²) in [6.45, 7) is 5.80. The third-order valence-electron chi connectivity index (χ3n) is 2.34. The molecule has 1 fully saturated rings. The van der Waals surface area contributed by atoms with Crippen LogP contribution in [0.4, 0.5) is 0 Å². The predicted molar refractivity (Wildman–Crippen MR) is 40.5 cm³/mol. The summed E-state index contributed by atoms with van der Waals surface area (Å²) < 4.78 is 0. The molecule has 0 aromatic carbocycles. The molecule has 0 unspecified atom stereocenters. The lowest BCUT2D eigenvalue weighted by atomic mass is 9.94. The molecule has 1 heteroatoms. The summed E-state index contributed by atoms with van der Waals surface area (Å²) in [5.41, 5.74) is 0. The van der Waals surface area contributed by atoms with Gasteiger partial charge in [0, 0.05) is 6.04 Å². The molecule has 0 amide bonds. The normalized spacial score (nSPS) is 36.7. The molecule has 2 atom stereocenters. The maximum Gasteiger partial charge on any atom is 0.00389 e. The van der Waals surface area contributed by atoms with Gasteiger partial charge in [-0.15, -0.1) is 0 Å². The number of nitrogens with one attached hydrogen (secondary N) is 1. The highest BCUT2D eigenvalue weighted by Gasteiger charge is 2.14. The van der Waals surface area contributed by atoms with Crippen LogP contribution in [0.1, 0.15) is 33.1 Å². The topological polar surface area (TPSA) is 12.0 Å². The van der Waals surface area contributed by atoms with Crippen LogP contribution in [-0.2, 0) is 0 Å². The monoisotopic (exact) mass is 127 g/mol. The van der Waals surface area contributed by atoms with Crippen LogP contribution >= 0.6 is 0 Å². The Morgan fingerprint density at radius 3 is 2.67 bits per heavy atom. The van der Waals surface area contributed by atoms with Crippen LogP contribution in [0.5, 0.6) is 0 Å². The van der Waals surface area contributed by atoms with Crippen LogP contribution in [-0.4, -0.2) is 12.6 Å². The van der Waals surface area contributed by atoms with E-state index in [1.165, 1.54) is 25.8 Å². The van der Waals surface area contributed by atoms with Crippen molar-refractivity contribution in [2.45, 2.75) is 39.2 Å². The van der Waals surface area contributed by atoms with Gasteiger partial charge in [0.1, 0.15) is 0 Å². The lowest BCUT2D eigenvalue weighted by Crippen LogP contribution is -2.36. The summed E-state index contributed by atoms with van der Waals surface area (Å²) >= 11 is 0. The predicted octanol–water partition coefficient (Wildman–Crippen LogP) is 1.78. The molecule has 0 radical (unpaired) electrons. The first kappa shape index (κ1) is 7.07. The Morgan fingerprint density at radius 2 is 2.22 bits per heavy atom. The van der Waals surface area contributed by atoms with E-state index in [0.717, 1.165) is 12.0 Å². The maximum absolute atomic E-state index is 3.48.